The van der Waals surface area contributed by atoms with E-state index in [1.807, 2.05) is 0 Å². The number of ether oxygens (including phenoxy) is 4. The van der Waals surface area contributed by atoms with E-state index in [9.17, 15) is 15.0 Å². The molecule has 1 saturated carbocycles. The number of carbonyl (C=O) groups is 1. The van der Waals surface area contributed by atoms with Gasteiger partial charge in [-0.25, -0.2) is 4.79 Å². The van der Waals surface area contributed by atoms with Gasteiger partial charge >= 0.3 is 5.97 Å². The quantitative estimate of drug-likeness (QED) is 0.487. The standard InChI is InChI=1S/C13H21NO8/c1-11(19-3)12(2,20-4)22-9-7(14-18)5-13(17,10(15)16)6-8(9)21-11/h8-9,17-18H,5-6H2,1-4H3,(H,15,16)/b14-7-/t8-,9-,11+,12+,13+/m1/s1. The van der Waals surface area contributed by atoms with Gasteiger partial charge in [0.05, 0.1) is 11.8 Å². The molecule has 1 heterocycles. The summed E-state index contributed by atoms with van der Waals surface area (Å²) >= 11 is 0. The summed E-state index contributed by atoms with van der Waals surface area (Å²) in [4.78, 5) is 11.3. The van der Waals surface area contributed by atoms with Crippen LogP contribution in [0.5, 0.6) is 0 Å². The molecule has 0 bridgehead atoms. The van der Waals surface area contributed by atoms with Gasteiger partial charge in [-0.3, -0.25) is 0 Å². The Morgan fingerprint density at radius 2 is 1.82 bits per heavy atom. The van der Waals surface area contributed by atoms with Crippen molar-refractivity contribution in [1.29, 1.82) is 0 Å². The second-order valence-corrected chi connectivity index (χ2v) is 5.80. The molecule has 0 aromatic carbocycles. The van der Waals surface area contributed by atoms with Crippen LogP contribution in [0.25, 0.3) is 0 Å². The minimum Gasteiger partial charge on any atom is -0.479 e. The lowest BCUT2D eigenvalue weighted by molar-refractivity contribution is -0.443. The third kappa shape index (κ3) is 2.38. The molecule has 0 amide bonds. The Labute approximate surface area is 127 Å². The maximum Gasteiger partial charge on any atom is 0.336 e. The van der Waals surface area contributed by atoms with Crippen molar-refractivity contribution in [2.75, 3.05) is 14.2 Å². The van der Waals surface area contributed by atoms with E-state index in [4.69, 9.17) is 24.2 Å². The largest absolute Gasteiger partial charge is 0.479 e. The minimum absolute atomic E-state index is 0.0254. The van der Waals surface area contributed by atoms with Crippen LogP contribution < -0.4 is 0 Å². The van der Waals surface area contributed by atoms with Crippen molar-refractivity contribution >= 4 is 11.7 Å². The first-order chi connectivity index (χ1) is 10.1. The van der Waals surface area contributed by atoms with Gasteiger partial charge in [0.25, 0.3) is 0 Å². The van der Waals surface area contributed by atoms with Crippen LogP contribution in [-0.4, -0.2) is 70.7 Å². The summed E-state index contributed by atoms with van der Waals surface area (Å²) in [6.45, 7) is 3.18. The molecule has 2 fully saturated rings. The van der Waals surface area contributed by atoms with E-state index in [2.05, 4.69) is 5.16 Å². The Kier molecular flexibility index (Phi) is 4.22. The maximum atomic E-state index is 11.3. The number of carboxylic acids is 1. The van der Waals surface area contributed by atoms with Gasteiger partial charge < -0.3 is 34.4 Å². The normalized spacial score (nSPS) is 47.2. The molecule has 22 heavy (non-hydrogen) atoms. The molecule has 3 N–H and O–H groups in total. The van der Waals surface area contributed by atoms with Gasteiger partial charge in [-0.05, 0) is 13.8 Å². The van der Waals surface area contributed by atoms with Crippen LogP contribution in [-0.2, 0) is 23.7 Å². The van der Waals surface area contributed by atoms with Crippen LogP contribution in [0.1, 0.15) is 26.7 Å². The number of carboxylic acid groups (broad SMARTS) is 1. The van der Waals surface area contributed by atoms with Crippen molar-refractivity contribution < 1.29 is 39.2 Å². The topological polar surface area (TPSA) is 127 Å². The van der Waals surface area contributed by atoms with Gasteiger partial charge in [0.15, 0.2) is 5.60 Å². The number of nitrogens with zero attached hydrogens (tertiary/aromatic N) is 1. The Balaban J connectivity index is 2.39. The van der Waals surface area contributed by atoms with E-state index < -0.39 is 35.4 Å². The Morgan fingerprint density at radius 3 is 2.27 bits per heavy atom. The Bertz CT molecular complexity index is 496. The molecule has 5 atom stereocenters. The summed E-state index contributed by atoms with van der Waals surface area (Å²) < 4.78 is 22.3. The second kappa shape index (κ2) is 5.43. The summed E-state index contributed by atoms with van der Waals surface area (Å²) in [5.74, 6) is -4.06. The molecule has 9 heteroatoms. The summed E-state index contributed by atoms with van der Waals surface area (Å²) in [6, 6.07) is 0. The van der Waals surface area contributed by atoms with Gasteiger partial charge in [-0.2, -0.15) is 0 Å². The fourth-order valence-corrected chi connectivity index (χ4v) is 2.84. The predicted molar refractivity (Wildman–Crippen MR) is 71.6 cm³/mol. The molecular formula is C13H21NO8. The van der Waals surface area contributed by atoms with E-state index in [1.165, 1.54) is 14.2 Å². The second-order valence-electron chi connectivity index (χ2n) is 5.80. The van der Waals surface area contributed by atoms with E-state index in [-0.39, 0.29) is 18.6 Å². The first kappa shape index (κ1) is 17.1. The summed E-state index contributed by atoms with van der Waals surface area (Å²) in [5, 5.41) is 31.6. The van der Waals surface area contributed by atoms with Crippen LogP contribution in [0.3, 0.4) is 0 Å². The number of methoxy groups -OCH3 is 2. The van der Waals surface area contributed by atoms with Crippen LogP contribution in [0.2, 0.25) is 0 Å². The molecule has 0 unspecified atom stereocenters. The fourth-order valence-electron chi connectivity index (χ4n) is 2.84. The average molecular weight is 319 g/mol. The molecular weight excluding hydrogens is 298 g/mol. The Hall–Kier alpha value is -1.26. The number of fused-ring (bicyclic) bond motifs is 1. The van der Waals surface area contributed by atoms with Gasteiger partial charge in [-0.15, -0.1) is 0 Å². The highest BCUT2D eigenvalue weighted by Crippen LogP contribution is 2.44. The summed E-state index contributed by atoms with van der Waals surface area (Å²) in [6.07, 6.45) is -2.32. The molecule has 126 valence electrons. The molecule has 2 rings (SSSR count). The average Bonchev–Trinajstić information content (AvgIpc) is 2.48. The van der Waals surface area contributed by atoms with Gasteiger partial charge in [0, 0.05) is 27.1 Å². The zero-order chi connectivity index (χ0) is 16.8. The predicted octanol–water partition coefficient (Wildman–Crippen LogP) is -0.0647. The number of aliphatic hydroxyl groups is 1. The number of rotatable bonds is 3. The van der Waals surface area contributed by atoms with Gasteiger partial charge in [0.1, 0.15) is 6.10 Å². The van der Waals surface area contributed by atoms with Crippen LogP contribution in [0.15, 0.2) is 5.16 Å². The molecule has 9 nitrogen and oxygen atoms in total. The lowest BCUT2D eigenvalue weighted by atomic mass is 9.79. The van der Waals surface area contributed by atoms with Crippen LogP contribution >= 0.6 is 0 Å². The van der Waals surface area contributed by atoms with E-state index in [1.54, 1.807) is 13.8 Å². The van der Waals surface area contributed by atoms with Crippen molar-refractivity contribution in [3.63, 3.8) is 0 Å². The van der Waals surface area contributed by atoms with Crippen molar-refractivity contribution in [3.05, 3.63) is 0 Å². The highest BCUT2D eigenvalue weighted by Gasteiger charge is 2.61. The maximum absolute atomic E-state index is 11.3. The van der Waals surface area contributed by atoms with E-state index in [0.717, 1.165) is 0 Å². The zero-order valence-electron chi connectivity index (χ0n) is 12.9. The molecule has 1 aliphatic carbocycles. The molecule has 1 saturated heterocycles. The van der Waals surface area contributed by atoms with Crippen molar-refractivity contribution in [3.8, 4) is 0 Å². The Morgan fingerprint density at radius 1 is 1.27 bits per heavy atom. The van der Waals surface area contributed by atoms with Crippen molar-refractivity contribution in [1.82, 2.24) is 0 Å². The smallest absolute Gasteiger partial charge is 0.336 e. The highest BCUT2D eigenvalue weighted by molar-refractivity contribution is 5.96. The number of hydrogen-bond acceptors (Lipinski definition) is 8. The highest BCUT2D eigenvalue weighted by atomic mass is 16.8. The monoisotopic (exact) mass is 319 g/mol. The van der Waals surface area contributed by atoms with Crippen molar-refractivity contribution in [2.45, 2.75) is 56.1 Å². The molecule has 2 aliphatic rings. The molecule has 0 radical (unpaired) electrons. The fraction of sp³-hybridized carbons (Fsp3) is 0.846. The van der Waals surface area contributed by atoms with Gasteiger partial charge in [-0.1, -0.05) is 5.16 Å². The SMILES string of the molecule is CO[C@@]1(C)O[C@@H]2/C(=N\O)C[C@@](O)(C(=O)O)C[C@H]2O[C@]1(C)OC. The third-order valence-corrected chi connectivity index (χ3v) is 4.54. The molecule has 1 aliphatic heterocycles. The summed E-state index contributed by atoms with van der Waals surface area (Å²) in [5.41, 5.74) is -2.12. The lowest BCUT2D eigenvalue weighted by Crippen LogP contribution is -2.69. The number of hydrogen-bond donors (Lipinski definition) is 3. The molecule has 0 aromatic rings. The van der Waals surface area contributed by atoms with Gasteiger partial charge in [0.2, 0.25) is 11.6 Å². The van der Waals surface area contributed by atoms with E-state index in [0.29, 0.717) is 0 Å². The zero-order valence-corrected chi connectivity index (χ0v) is 12.9. The first-order valence-corrected chi connectivity index (χ1v) is 6.77. The number of aliphatic carboxylic acids is 1. The first-order valence-electron chi connectivity index (χ1n) is 6.77. The summed E-state index contributed by atoms with van der Waals surface area (Å²) in [7, 11) is 2.81. The van der Waals surface area contributed by atoms with Crippen LogP contribution in [0.4, 0.5) is 0 Å². The third-order valence-electron chi connectivity index (χ3n) is 4.54. The van der Waals surface area contributed by atoms with Crippen molar-refractivity contribution in [2.24, 2.45) is 5.16 Å². The molecule has 0 spiro atoms. The lowest BCUT2D eigenvalue weighted by Gasteiger charge is -2.54. The minimum atomic E-state index is -2.10. The van der Waals surface area contributed by atoms with E-state index >= 15 is 0 Å². The number of oxime groups is 1. The molecule has 0 aromatic heterocycles. The van der Waals surface area contributed by atoms with Crippen LogP contribution in [0, 0.1) is 0 Å².